The summed E-state index contributed by atoms with van der Waals surface area (Å²) in [4.78, 5) is 20.1. The second-order valence-corrected chi connectivity index (χ2v) is 5.93. The highest BCUT2D eigenvalue weighted by molar-refractivity contribution is 5.96. The number of H-pyrrole nitrogens is 1. The van der Waals surface area contributed by atoms with Crippen LogP contribution in [0.25, 0.3) is 28.1 Å². The molecule has 0 aliphatic heterocycles. The average molecular weight is 357 g/mol. The maximum atomic E-state index is 12.2. The molecular weight excluding hydrogens is 342 g/mol. The number of nitriles is 1. The normalized spacial score (nSPS) is 10.7. The molecule has 7 nitrogen and oxygen atoms in total. The molecule has 7 heteroatoms. The van der Waals surface area contributed by atoms with E-state index in [1.165, 1.54) is 13.3 Å². The van der Waals surface area contributed by atoms with E-state index in [9.17, 15) is 10.1 Å². The summed E-state index contributed by atoms with van der Waals surface area (Å²) in [5.41, 5.74) is 9.70. The Labute approximate surface area is 154 Å². The summed E-state index contributed by atoms with van der Waals surface area (Å²) in [6, 6.07) is 17.2. The summed E-state index contributed by atoms with van der Waals surface area (Å²) in [6.07, 6.45) is 1.53. The number of carbonyl (C=O) groups excluding carboxylic acids is 1. The fraction of sp³-hybridized carbons (Fsp3) is 0.0500. The second-order valence-electron chi connectivity index (χ2n) is 5.93. The number of methoxy groups -OCH3 is 1. The lowest BCUT2D eigenvalue weighted by Gasteiger charge is -2.09. The number of nitrogens with two attached hydrogens (primary N) is 1. The molecule has 0 atom stereocenters. The van der Waals surface area contributed by atoms with E-state index in [1.807, 2.05) is 54.6 Å². The molecule has 27 heavy (non-hydrogen) atoms. The van der Waals surface area contributed by atoms with Crippen molar-refractivity contribution in [3.05, 3.63) is 66.0 Å². The molecule has 0 bridgehead atoms. The standard InChI is InChI=1S/C20H15N5O2/c1-27-20(26)18-17(22)13(10-21)11-25(18)14-6-4-5-12(9-14)19-23-15-7-2-3-8-16(15)24-19/h2-9,11H,22H2,1H3,(H,23,24). The van der Waals surface area contributed by atoms with Gasteiger partial charge in [0.05, 0.1) is 29.4 Å². The van der Waals surface area contributed by atoms with Crippen molar-refractivity contribution in [1.29, 1.82) is 5.26 Å². The topological polar surface area (TPSA) is 110 Å². The number of hydrogen-bond acceptors (Lipinski definition) is 5. The van der Waals surface area contributed by atoms with Gasteiger partial charge in [0.15, 0.2) is 5.69 Å². The zero-order chi connectivity index (χ0) is 19.0. The number of fused-ring (bicyclic) bond motifs is 1. The highest BCUT2D eigenvalue weighted by Gasteiger charge is 2.22. The molecule has 4 aromatic rings. The SMILES string of the molecule is COC(=O)c1c(N)c(C#N)cn1-c1cccc(-c2nc3ccccc3[nH]2)c1. The van der Waals surface area contributed by atoms with Gasteiger partial charge in [0.25, 0.3) is 0 Å². The summed E-state index contributed by atoms with van der Waals surface area (Å²) in [6.45, 7) is 0. The number of aromatic nitrogens is 3. The first kappa shape index (κ1) is 16.4. The van der Waals surface area contributed by atoms with Gasteiger partial charge in [0.2, 0.25) is 0 Å². The van der Waals surface area contributed by atoms with Crippen LogP contribution in [0.15, 0.2) is 54.7 Å². The van der Waals surface area contributed by atoms with E-state index >= 15 is 0 Å². The van der Waals surface area contributed by atoms with Crippen molar-refractivity contribution in [3.63, 3.8) is 0 Å². The second kappa shape index (κ2) is 6.35. The van der Waals surface area contributed by atoms with Crippen LogP contribution in [0.1, 0.15) is 16.1 Å². The summed E-state index contributed by atoms with van der Waals surface area (Å²) >= 11 is 0. The number of nitrogens with one attached hydrogen (secondary N) is 1. The Morgan fingerprint density at radius 3 is 2.81 bits per heavy atom. The molecule has 0 aliphatic rings. The fourth-order valence-electron chi connectivity index (χ4n) is 3.01. The van der Waals surface area contributed by atoms with Crippen LogP contribution < -0.4 is 5.73 Å². The monoisotopic (exact) mass is 357 g/mol. The van der Waals surface area contributed by atoms with Gasteiger partial charge in [-0.05, 0) is 24.3 Å². The van der Waals surface area contributed by atoms with Crippen molar-refractivity contribution in [3.8, 4) is 23.1 Å². The molecule has 0 saturated carbocycles. The van der Waals surface area contributed by atoms with Crippen molar-refractivity contribution >= 4 is 22.7 Å². The molecule has 0 fully saturated rings. The third kappa shape index (κ3) is 2.69. The van der Waals surface area contributed by atoms with Gasteiger partial charge in [-0.15, -0.1) is 0 Å². The number of benzene rings is 2. The van der Waals surface area contributed by atoms with Gasteiger partial charge < -0.3 is 20.0 Å². The van der Waals surface area contributed by atoms with E-state index in [0.29, 0.717) is 11.5 Å². The number of carbonyl (C=O) groups is 1. The first-order valence-electron chi connectivity index (χ1n) is 8.17. The first-order valence-corrected chi connectivity index (χ1v) is 8.17. The zero-order valence-corrected chi connectivity index (χ0v) is 14.4. The predicted octanol–water partition coefficient (Wildman–Crippen LogP) is 3.26. The number of rotatable bonds is 3. The minimum Gasteiger partial charge on any atom is -0.464 e. The summed E-state index contributed by atoms with van der Waals surface area (Å²) in [5, 5.41) is 9.26. The van der Waals surface area contributed by atoms with E-state index in [1.54, 1.807) is 4.57 Å². The van der Waals surface area contributed by atoms with Crippen molar-refractivity contribution in [2.45, 2.75) is 0 Å². The lowest BCUT2D eigenvalue weighted by Crippen LogP contribution is -2.11. The van der Waals surface area contributed by atoms with Crippen LogP contribution >= 0.6 is 0 Å². The molecule has 2 aromatic heterocycles. The van der Waals surface area contributed by atoms with Crippen LogP contribution in [0.3, 0.4) is 0 Å². The van der Waals surface area contributed by atoms with Crippen LogP contribution in [0.5, 0.6) is 0 Å². The van der Waals surface area contributed by atoms with Crippen LogP contribution in [0.2, 0.25) is 0 Å². The van der Waals surface area contributed by atoms with E-state index in [-0.39, 0.29) is 16.9 Å². The Morgan fingerprint density at radius 1 is 1.26 bits per heavy atom. The Hall–Kier alpha value is -4.05. The molecule has 2 heterocycles. The minimum absolute atomic E-state index is 0.0958. The number of aromatic amines is 1. The average Bonchev–Trinajstić information content (AvgIpc) is 3.28. The Morgan fingerprint density at radius 2 is 2.07 bits per heavy atom. The first-order chi connectivity index (χ1) is 13.1. The van der Waals surface area contributed by atoms with Gasteiger partial charge >= 0.3 is 5.97 Å². The molecule has 0 spiro atoms. The predicted molar refractivity (Wildman–Crippen MR) is 101 cm³/mol. The maximum absolute atomic E-state index is 12.2. The molecular formula is C20H15N5O2. The molecule has 0 radical (unpaired) electrons. The van der Waals surface area contributed by atoms with Crippen LogP contribution in [-0.4, -0.2) is 27.6 Å². The third-order valence-corrected chi connectivity index (χ3v) is 4.33. The van der Waals surface area contributed by atoms with Crippen LogP contribution in [-0.2, 0) is 4.74 Å². The lowest BCUT2D eigenvalue weighted by atomic mass is 10.2. The van der Waals surface area contributed by atoms with E-state index in [2.05, 4.69) is 9.97 Å². The Balaban J connectivity index is 1.86. The highest BCUT2D eigenvalue weighted by atomic mass is 16.5. The van der Waals surface area contributed by atoms with Gasteiger partial charge in [-0.3, -0.25) is 0 Å². The minimum atomic E-state index is -0.608. The van der Waals surface area contributed by atoms with Gasteiger partial charge in [-0.25, -0.2) is 9.78 Å². The number of ether oxygens (including phenoxy) is 1. The van der Waals surface area contributed by atoms with E-state index in [4.69, 9.17) is 10.5 Å². The van der Waals surface area contributed by atoms with Crippen molar-refractivity contribution < 1.29 is 9.53 Å². The number of hydrogen-bond donors (Lipinski definition) is 2. The summed E-state index contributed by atoms with van der Waals surface area (Å²) in [5.74, 6) is 0.0986. The van der Waals surface area contributed by atoms with Gasteiger partial charge in [0.1, 0.15) is 11.9 Å². The number of imidazole rings is 1. The molecule has 3 N–H and O–H groups in total. The molecule has 132 valence electrons. The number of anilines is 1. The zero-order valence-electron chi connectivity index (χ0n) is 14.4. The van der Waals surface area contributed by atoms with Crippen molar-refractivity contribution in [1.82, 2.24) is 14.5 Å². The summed E-state index contributed by atoms with van der Waals surface area (Å²) < 4.78 is 6.39. The van der Waals surface area contributed by atoms with Gasteiger partial charge in [0, 0.05) is 17.4 Å². The number of nitrogens with zero attached hydrogens (tertiary/aromatic N) is 3. The molecule has 0 aliphatic carbocycles. The quantitative estimate of drug-likeness (QED) is 0.547. The fourth-order valence-corrected chi connectivity index (χ4v) is 3.01. The molecule has 0 amide bonds. The van der Waals surface area contributed by atoms with Gasteiger partial charge in [-0.1, -0.05) is 24.3 Å². The third-order valence-electron chi connectivity index (χ3n) is 4.33. The molecule has 4 rings (SSSR count). The largest absolute Gasteiger partial charge is 0.464 e. The molecule has 0 saturated heterocycles. The summed E-state index contributed by atoms with van der Waals surface area (Å²) in [7, 11) is 1.27. The van der Waals surface area contributed by atoms with Crippen LogP contribution in [0.4, 0.5) is 5.69 Å². The van der Waals surface area contributed by atoms with E-state index in [0.717, 1.165) is 16.6 Å². The Kier molecular flexibility index (Phi) is 3.86. The number of nitrogen functional groups attached to an aromatic ring is 1. The highest BCUT2D eigenvalue weighted by Crippen LogP contribution is 2.27. The van der Waals surface area contributed by atoms with Crippen molar-refractivity contribution in [2.24, 2.45) is 0 Å². The van der Waals surface area contributed by atoms with E-state index < -0.39 is 5.97 Å². The van der Waals surface area contributed by atoms with Crippen LogP contribution in [0, 0.1) is 11.3 Å². The number of esters is 1. The lowest BCUT2D eigenvalue weighted by molar-refractivity contribution is 0.0593. The Bertz CT molecular complexity index is 1180. The molecule has 0 unspecified atom stereocenters. The van der Waals surface area contributed by atoms with Gasteiger partial charge in [-0.2, -0.15) is 5.26 Å². The van der Waals surface area contributed by atoms with Crippen molar-refractivity contribution in [2.75, 3.05) is 12.8 Å². The smallest absolute Gasteiger partial charge is 0.357 e. The number of para-hydroxylation sites is 2. The maximum Gasteiger partial charge on any atom is 0.357 e. The molecule has 2 aromatic carbocycles.